The Bertz CT molecular complexity index is 620. The Morgan fingerprint density at radius 1 is 1.12 bits per heavy atom. The van der Waals surface area contributed by atoms with Gasteiger partial charge in [-0.3, -0.25) is 9.78 Å². The van der Waals surface area contributed by atoms with Crippen LogP contribution in [0.1, 0.15) is 0 Å². The fourth-order valence-electron chi connectivity index (χ4n) is 1.32. The third-order valence-electron chi connectivity index (χ3n) is 1.98. The Hall–Kier alpha value is -1.10. The highest BCUT2D eigenvalue weighted by atomic mass is 35.5. The molecular weight excluding hydrogens is 267 g/mol. The number of hydrogen-bond donors (Lipinski definition) is 2. The first-order valence-corrected chi connectivity index (χ1v) is 5.52. The molecule has 0 saturated carbocycles. The van der Waals surface area contributed by atoms with Crippen LogP contribution >= 0.6 is 35.4 Å². The molecule has 0 aliphatic heterocycles. The molecule has 1 aromatic carbocycles. The standard InChI is InChI=1S/C10H6Cl2N2OS/c11-5-1-2-6(7(12)3-5)8-4-9(15)14-10(16)13-8/h1-4H,(H2,13,14,15,16). The molecule has 0 amide bonds. The number of aromatic nitrogens is 2. The van der Waals surface area contributed by atoms with Crippen molar-refractivity contribution in [2.75, 3.05) is 0 Å². The minimum Gasteiger partial charge on any atom is -0.332 e. The lowest BCUT2D eigenvalue weighted by atomic mass is 10.1. The molecule has 3 nitrogen and oxygen atoms in total. The highest BCUT2D eigenvalue weighted by Gasteiger charge is 2.05. The molecule has 0 unspecified atom stereocenters. The lowest BCUT2D eigenvalue weighted by molar-refractivity contribution is 1.09. The van der Waals surface area contributed by atoms with E-state index >= 15 is 0 Å². The Morgan fingerprint density at radius 2 is 1.88 bits per heavy atom. The zero-order valence-electron chi connectivity index (χ0n) is 7.88. The van der Waals surface area contributed by atoms with Crippen molar-refractivity contribution in [1.29, 1.82) is 0 Å². The minimum absolute atomic E-state index is 0.258. The predicted octanol–water partition coefficient (Wildman–Crippen LogP) is 3.41. The van der Waals surface area contributed by atoms with Gasteiger partial charge in [0, 0.05) is 16.7 Å². The van der Waals surface area contributed by atoms with E-state index in [1.807, 2.05) is 0 Å². The summed E-state index contributed by atoms with van der Waals surface area (Å²) in [4.78, 5) is 16.6. The van der Waals surface area contributed by atoms with E-state index in [1.54, 1.807) is 18.2 Å². The van der Waals surface area contributed by atoms with Crippen LogP contribution in [0.4, 0.5) is 0 Å². The molecule has 2 rings (SSSR count). The minimum atomic E-state index is -0.273. The van der Waals surface area contributed by atoms with Crippen LogP contribution in [-0.4, -0.2) is 9.97 Å². The number of aromatic amines is 2. The second kappa shape index (κ2) is 4.41. The smallest absolute Gasteiger partial charge is 0.252 e. The molecule has 0 atom stereocenters. The van der Waals surface area contributed by atoms with Crippen LogP contribution in [0.3, 0.4) is 0 Å². The summed E-state index contributed by atoms with van der Waals surface area (Å²) >= 11 is 16.7. The van der Waals surface area contributed by atoms with Crippen molar-refractivity contribution in [2.24, 2.45) is 0 Å². The molecule has 1 heterocycles. The molecule has 2 N–H and O–H groups in total. The lowest BCUT2D eigenvalue weighted by Gasteiger charge is -2.04. The van der Waals surface area contributed by atoms with Crippen LogP contribution in [0.2, 0.25) is 10.0 Å². The molecule has 0 saturated heterocycles. The molecule has 6 heteroatoms. The second-order valence-electron chi connectivity index (χ2n) is 3.13. The highest BCUT2D eigenvalue weighted by molar-refractivity contribution is 7.71. The van der Waals surface area contributed by atoms with Crippen molar-refractivity contribution in [1.82, 2.24) is 9.97 Å². The first-order valence-electron chi connectivity index (χ1n) is 4.35. The van der Waals surface area contributed by atoms with Gasteiger partial charge < -0.3 is 4.98 Å². The molecule has 82 valence electrons. The number of hydrogen-bond acceptors (Lipinski definition) is 2. The van der Waals surface area contributed by atoms with E-state index in [1.165, 1.54) is 6.07 Å². The Labute approximate surface area is 106 Å². The van der Waals surface area contributed by atoms with Gasteiger partial charge in [-0.2, -0.15) is 0 Å². The van der Waals surface area contributed by atoms with Gasteiger partial charge in [-0.1, -0.05) is 23.2 Å². The van der Waals surface area contributed by atoms with Gasteiger partial charge >= 0.3 is 0 Å². The molecule has 0 aliphatic rings. The fraction of sp³-hybridized carbons (Fsp3) is 0. The first-order chi connectivity index (χ1) is 7.56. The number of rotatable bonds is 1. The molecule has 0 radical (unpaired) electrons. The lowest BCUT2D eigenvalue weighted by Crippen LogP contribution is -2.06. The number of benzene rings is 1. The monoisotopic (exact) mass is 272 g/mol. The molecule has 2 aromatic rings. The summed E-state index contributed by atoms with van der Waals surface area (Å²) < 4.78 is 0.258. The largest absolute Gasteiger partial charge is 0.332 e. The summed E-state index contributed by atoms with van der Waals surface area (Å²) in [5.41, 5.74) is 0.975. The molecule has 0 fully saturated rings. The van der Waals surface area contributed by atoms with Crippen molar-refractivity contribution < 1.29 is 0 Å². The van der Waals surface area contributed by atoms with Crippen LogP contribution in [0.25, 0.3) is 11.3 Å². The Balaban J connectivity index is 2.67. The molecule has 0 bridgehead atoms. The molecular formula is C10H6Cl2N2OS. The maximum absolute atomic E-state index is 11.3. The van der Waals surface area contributed by atoms with Crippen molar-refractivity contribution in [3.63, 3.8) is 0 Å². The predicted molar refractivity (Wildman–Crippen MR) is 67.7 cm³/mol. The Morgan fingerprint density at radius 3 is 2.50 bits per heavy atom. The van der Waals surface area contributed by atoms with Gasteiger partial charge in [-0.05, 0) is 30.4 Å². The van der Waals surface area contributed by atoms with E-state index in [0.717, 1.165) is 0 Å². The van der Waals surface area contributed by atoms with Gasteiger partial charge in [0.2, 0.25) is 0 Å². The van der Waals surface area contributed by atoms with Gasteiger partial charge in [0.25, 0.3) is 5.56 Å². The van der Waals surface area contributed by atoms with Gasteiger partial charge in [0.1, 0.15) is 0 Å². The summed E-state index contributed by atoms with van der Waals surface area (Å²) in [6.07, 6.45) is 0. The Kier molecular flexibility index (Phi) is 3.14. The molecule has 0 aliphatic carbocycles. The maximum atomic E-state index is 11.3. The van der Waals surface area contributed by atoms with E-state index in [-0.39, 0.29) is 10.3 Å². The van der Waals surface area contributed by atoms with Crippen LogP contribution < -0.4 is 5.56 Å². The van der Waals surface area contributed by atoms with E-state index in [2.05, 4.69) is 9.97 Å². The van der Waals surface area contributed by atoms with Crippen molar-refractivity contribution >= 4 is 35.4 Å². The van der Waals surface area contributed by atoms with Gasteiger partial charge in [-0.15, -0.1) is 0 Å². The van der Waals surface area contributed by atoms with Crippen molar-refractivity contribution in [3.8, 4) is 11.3 Å². The average Bonchev–Trinajstić information content (AvgIpc) is 2.15. The third-order valence-corrected chi connectivity index (χ3v) is 2.73. The number of nitrogens with one attached hydrogen (secondary N) is 2. The summed E-state index contributed by atoms with van der Waals surface area (Å²) in [5, 5.41) is 1.00. The van der Waals surface area contributed by atoms with Crippen LogP contribution in [-0.2, 0) is 0 Å². The molecule has 1 aromatic heterocycles. The van der Waals surface area contributed by atoms with Crippen LogP contribution in [0.15, 0.2) is 29.1 Å². The zero-order chi connectivity index (χ0) is 11.7. The van der Waals surface area contributed by atoms with Gasteiger partial charge in [0.05, 0.1) is 10.7 Å². The van der Waals surface area contributed by atoms with E-state index in [9.17, 15) is 4.79 Å². The fourth-order valence-corrected chi connectivity index (χ4v) is 2.04. The first kappa shape index (κ1) is 11.4. The summed E-state index contributed by atoms with van der Waals surface area (Å²) in [5.74, 6) is 0. The van der Waals surface area contributed by atoms with E-state index < -0.39 is 0 Å². The topological polar surface area (TPSA) is 48.6 Å². The quantitative estimate of drug-likeness (QED) is 0.782. The highest BCUT2D eigenvalue weighted by Crippen LogP contribution is 2.28. The van der Waals surface area contributed by atoms with Gasteiger partial charge in [-0.25, -0.2) is 0 Å². The summed E-state index contributed by atoms with van der Waals surface area (Å²) in [6, 6.07) is 6.42. The van der Waals surface area contributed by atoms with Gasteiger partial charge in [0.15, 0.2) is 4.77 Å². The van der Waals surface area contributed by atoms with E-state index in [4.69, 9.17) is 35.4 Å². The van der Waals surface area contributed by atoms with Crippen LogP contribution in [0, 0.1) is 4.77 Å². The normalized spacial score (nSPS) is 10.4. The average molecular weight is 273 g/mol. The zero-order valence-corrected chi connectivity index (χ0v) is 10.2. The maximum Gasteiger partial charge on any atom is 0.252 e. The second-order valence-corrected chi connectivity index (χ2v) is 4.38. The summed E-state index contributed by atoms with van der Waals surface area (Å²) in [6.45, 7) is 0. The van der Waals surface area contributed by atoms with E-state index in [0.29, 0.717) is 21.3 Å². The number of H-pyrrole nitrogens is 2. The SMILES string of the molecule is O=c1cc(-c2ccc(Cl)cc2Cl)[nH]c(=S)[nH]1. The van der Waals surface area contributed by atoms with Crippen molar-refractivity contribution in [3.05, 3.63) is 49.4 Å². The number of halogens is 2. The molecule has 16 heavy (non-hydrogen) atoms. The third kappa shape index (κ3) is 2.35. The molecule has 0 spiro atoms. The van der Waals surface area contributed by atoms with Crippen molar-refractivity contribution in [2.45, 2.75) is 0 Å². The summed E-state index contributed by atoms with van der Waals surface area (Å²) in [7, 11) is 0. The van der Waals surface area contributed by atoms with Crippen LogP contribution in [0.5, 0.6) is 0 Å².